The SMILES string of the molecule is Cc1ccc(CNC(=O)[C@@H](C)N2CCC(C(=O)Nc3ccccc3)CC2)cc1. The number of hydrogen-bond donors (Lipinski definition) is 2. The third kappa shape index (κ3) is 5.42. The molecule has 0 spiro atoms. The molecule has 1 saturated heterocycles. The first-order valence-electron chi connectivity index (χ1n) is 9.96. The fourth-order valence-electron chi connectivity index (χ4n) is 3.52. The number of para-hydroxylation sites is 1. The predicted octanol–water partition coefficient (Wildman–Crippen LogP) is 3.35. The molecule has 1 aliphatic heterocycles. The lowest BCUT2D eigenvalue weighted by Gasteiger charge is -2.34. The molecule has 148 valence electrons. The van der Waals surface area contributed by atoms with Crippen LogP contribution in [-0.4, -0.2) is 35.8 Å². The van der Waals surface area contributed by atoms with E-state index in [1.165, 1.54) is 5.56 Å². The van der Waals surface area contributed by atoms with Crippen LogP contribution in [0.1, 0.15) is 30.9 Å². The highest BCUT2D eigenvalue weighted by Crippen LogP contribution is 2.21. The lowest BCUT2D eigenvalue weighted by atomic mass is 9.94. The molecule has 3 rings (SSSR count). The predicted molar refractivity (Wildman–Crippen MR) is 112 cm³/mol. The van der Waals surface area contributed by atoms with Crippen LogP contribution in [-0.2, 0) is 16.1 Å². The van der Waals surface area contributed by atoms with E-state index in [9.17, 15) is 9.59 Å². The highest BCUT2D eigenvalue weighted by molar-refractivity contribution is 5.92. The number of carbonyl (C=O) groups excluding carboxylic acids is 2. The molecule has 0 aliphatic carbocycles. The molecular formula is C23H29N3O2. The average molecular weight is 380 g/mol. The third-order valence-corrected chi connectivity index (χ3v) is 5.46. The van der Waals surface area contributed by atoms with Crippen LogP contribution in [0.25, 0.3) is 0 Å². The van der Waals surface area contributed by atoms with Crippen LogP contribution in [0.3, 0.4) is 0 Å². The number of amides is 2. The van der Waals surface area contributed by atoms with Crippen LogP contribution in [0.5, 0.6) is 0 Å². The minimum absolute atomic E-state index is 0.000671. The molecular weight excluding hydrogens is 350 g/mol. The van der Waals surface area contributed by atoms with Gasteiger partial charge in [-0.15, -0.1) is 0 Å². The Morgan fingerprint density at radius 2 is 1.68 bits per heavy atom. The van der Waals surface area contributed by atoms with E-state index < -0.39 is 0 Å². The molecule has 2 aromatic rings. The number of nitrogens with one attached hydrogen (secondary N) is 2. The monoisotopic (exact) mass is 379 g/mol. The molecule has 0 radical (unpaired) electrons. The summed E-state index contributed by atoms with van der Waals surface area (Å²) in [4.78, 5) is 27.1. The number of rotatable bonds is 6. The van der Waals surface area contributed by atoms with Gasteiger partial charge in [0.15, 0.2) is 0 Å². The molecule has 2 aromatic carbocycles. The molecule has 1 atom stereocenters. The smallest absolute Gasteiger partial charge is 0.237 e. The summed E-state index contributed by atoms with van der Waals surface area (Å²) in [7, 11) is 0. The zero-order chi connectivity index (χ0) is 19.9. The van der Waals surface area contributed by atoms with Crippen molar-refractivity contribution >= 4 is 17.5 Å². The van der Waals surface area contributed by atoms with Gasteiger partial charge in [-0.3, -0.25) is 14.5 Å². The summed E-state index contributed by atoms with van der Waals surface area (Å²) in [5.74, 6) is 0.106. The van der Waals surface area contributed by atoms with Crippen molar-refractivity contribution in [2.45, 2.75) is 39.3 Å². The van der Waals surface area contributed by atoms with Gasteiger partial charge in [0.25, 0.3) is 0 Å². The average Bonchev–Trinajstić information content (AvgIpc) is 2.73. The molecule has 5 nitrogen and oxygen atoms in total. The summed E-state index contributed by atoms with van der Waals surface area (Å²) in [6.45, 7) is 6.04. The van der Waals surface area contributed by atoms with E-state index in [2.05, 4.69) is 27.7 Å². The topological polar surface area (TPSA) is 61.4 Å². The number of aryl methyl sites for hydroxylation is 1. The lowest BCUT2D eigenvalue weighted by Crippen LogP contribution is -2.49. The van der Waals surface area contributed by atoms with E-state index >= 15 is 0 Å². The number of benzene rings is 2. The highest BCUT2D eigenvalue weighted by Gasteiger charge is 2.29. The second-order valence-electron chi connectivity index (χ2n) is 7.54. The van der Waals surface area contributed by atoms with Crippen LogP contribution in [0, 0.1) is 12.8 Å². The van der Waals surface area contributed by atoms with Crippen molar-refractivity contribution in [3.05, 3.63) is 65.7 Å². The fourth-order valence-corrected chi connectivity index (χ4v) is 3.52. The quantitative estimate of drug-likeness (QED) is 0.809. The van der Waals surface area contributed by atoms with Crippen LogP contribution in [0.15, 0.2) is 54.6 Å². The zero-order valence-corrected chi connectivity index (χ0v) is 16.7. The zero-order valence-electron chi connectivity index (χ0n) is 16.7. The molecule has 0 bridgehead atoms. The third-order valence-electron chi connectivity index (χ3n) is 5.46. The molecule has 1 heterocycles. The Bertz CT molecular complexity index is 781. The maximum absolute atomic E-state index is 12.5. The van der Waals surface area contributed by atoms with Gasteiger partial charge in [0, 0.05) is 18.2 Å². The van der Waals surface area contributed by atoms with E-state index in [4.69, 9.17) is 0 Å². The molecule has 1 aliphatic rings. The first-order chi connectivity index (χ1) is 13.5. The summed E-state index contributed by atoms with van der Waals surface area (Å²) >= 11 is 0. The first-order valence-corrected chi connectivity index (χ1v) is 9.96. The summed E-state index contributed by atoms with van der Waals surface area (Å²) in [5, 5.41) is 6.01. The van der Waals surface area contributed by atoms with E-state index in [1.807, 2.05) is 56.3 Å². The minimum Gasteiger partial charge on any atom is -0.351 e. The Hall–Kier alpha value is -2.66. The molecule has 0 unspecified atom stereocenters. The van der Waals surface area contributed by atoms with Gasteiger partial charge in [-0.2, -0.15) is 0 Å². The van der Waals surface area contributed by atoms with Gasteiger partial charge < -0.3 is 10.6 Å². The summed E-state index contributed by atoms with van der Waals surface area (Å²) in [5.41, 5.74) is 3.14. The number of carbonyl (C=O) groups is 2. The van der Waals surface area contributed by atoms with Crippen LogP contribution >= 0.6 is 0 Å². The molecule has 1 fully saturated rings. The number of likely N-dealkylation sites (tertiary alicyclic amines) is 1. The van der Waals surface area contributed by atoms with Crippen molar-refractivity contribution in [3.8, 4) is 0 Å². The number of hydrogen-bond acceptors (Lipinski definition) is 3. The fraction of sp³-hybridized carbons (Fsp3) is 0.391. The molecule has 2 amide bonds. The normalized spacial score (nSPS) is 16.4. The Morgan fingerprint density at radius 1 is 1.04 bits per heavy atom. The van der Waals surface area contributed by atoms with Gasteiger partial charge >= 0.3 is 0 Å². The van der Waals surface area contributed by atoms with Gasteiger partial charge in [0.2, 0.25) is 11.8 Å². The van der Waals surface area contributed by atoms with E-state index in [0.29, 0.717) is 6.54 Å². The standard InChI is InChI=1S/C23H29N3O2/c1-17-8-10-19(11-9-17)16-24-22(27)18(2)26-14-12-20(13-15-26)23(28)25-21-6-4-3-5-7-21/h3-11,18,20H,12-16H2,1-2H3,(H,24,27)(H,25,28)/t18-/m1/s1. The largest absolute Gasteiger partial charge is 0.351 e. The maximum Gasteiger partial charge on any atom is 0.237 e. The first kappa shape index (κ1) is 20.1. The Morgan fingerprint density at radius 3 is 2.32 bits per heavy atom. The van der Waals surface area contributed by atoms with Gasteiger partial charge in [0.1, 0.15) is 0 Å². The van der Waals surface area contributed by atoms with Crippen molar-refractivity contribution in [3.63, 3.8) is 0 Å². The van der Waals surface area contributed by atoms with Gasteiger partial charge in [-0.25, -0.2) is 0 Å². The Balaban J connectivity index is 1.43. The molecule has 0 aromatic heterocycles. The number of anilines is 1. The van der Waals surface area contributed by atoms with E-state index in [0.717, 1.165) is 37.2 Å². The van der Waals surface area contributed by atoms with Crippen molar-refractivity contribution in [1.82, 2.24) is 10.2 Å². The number of piperidine rings is 1. The minimum atomic E-state index is -0.191. The second-order valence-corrected chi connectivity index (χ2v) is 7.54. The summed E-state index contributed by atoms with van der Waals surface area (Å²) in [6, 6.07) is 17.5. The maximum atomic E-state index is 12.5. The summed E-state index contributed by atoms with van der Waals surface area (Å²) < 4.78 is 0. The van der Waals surface area contributed by atoms with Crippen LogP contribution in [0.4, 0.5) is 5.69 Å². The van der Waals surface area contributed by atoms with Gasteiger partial charge in [0.05, 0.1) is 6.04 Å². The molecule has 5 heteroatoms. The highest BCUT2D eigenvalue weighted by atomic mass is 16.2. The van der Waals surface area contributed by atoms with Crippen molar-refractivity contribution in [2.24, 2.45) is 5.92 Å². The van der Waals surface area contributed by atoms with Gasteiger partial charge in [-0.05, 0) is 57.5 Å². The number of nitrogens with zero attached hydrogens (tertiary/aromatic N) is 1. The molecule has 2 N–H and O–H groups in total. The van der Waals surface area contributed by atoms with Crippen molar-refractivity contribution in [2.75, 3.05) is 18.4 Å². The Kier molecular flexibility index (Phi) is 6.82. The van der Waals surface area contributed by atoms with E-state index in [1.54, 1.807) is 0 Å². The van der Waals surface area contributed by atoms with Crippen molar-refractivity contribution in [1.29, 1.82) is 0 Å². The van der Waals surface area contributed by atoms with Crippen molar-refractivity contribution < 1.29 is 9.59 Å². The second kappa shape index (κ2) is 9.51. The molecule has 28 heavy (non-hydrogen) atoms. The molecule has 0 saturated carbocycles. The van der Waals surface area contributed by atoms with Crippen LogP contribution in [0.2, 0.25) is 0 Å². The van der Waals surface area contributed by atoms with Crippen LogP contribution < -0.4 is 10.6 Å². The Labute approximate surface area is 167 Å². The summed E-state index contributed by atoms with van der Waals surface area (Å²) in [6.07, 6.45) is 1.54. The van der Waals surface area contributed by atoms with Gasteiger partial charge in [-0.1, -0.05) is 48.0 Å². The lowest BCUT2D eigenvalue weighted by molar-refractivity contribution is -0.127. The van der Waals surface area contributed by atoms with E-state index in [-0.39, 0.29) is 23.8 Å².